The summed E-state index contributed by atoms with van der Waals surface area (Å²) in [5, 5.41) is 4.10. The van der Waals surface area contributed by atoms with Crippen LogP contribution < -0.4 is 14.8 Å². The minimum absolute atomic E-state index is 0.368. The summed E-state index contributed by atoms with van der Waals surface area (Å²) in [6.07, 6.45) is 0. The zero-order valence-corrected chi connectivity index (χ0v) is 15.7. The first-order valence-corrected chi connectivity index (χ1v) is 8.89. The maximum Gasteiger partial charge on any atom is 0.127 e. The van der Waals surface area contributed by atoms with Gasteiger partial charge < -0.3 is 14.8 Å². The van der Waals surface area contributed by atoms with Crippen molar-refractivity contribution in [1.82, 2.24) is 0 Å². The highest BCUT2D eigenvalue weighted by molar-refractivity contribution is 6.30. The van der Waals surface area contributed by atoms with Crippen molar-refractivity contribution in [2.45, 2.75) is 19.4 Å². The average molecular weight is 368 g/mol. The maximum atomic E-state index is 6.04. The van der Waals surface area contributed by atoms with Gasteiger partial charge in [0.25, 0.3) is 0 Å². The molecule has 134 valence electrons. The number of benzene rings is 3. The minimum atomic E-state index is -0.368. The van der Waals surface area contributed by atoms with Crippen molar-refractivity contribution in [2.24, 2.45) is 0 Å². The highest BCUT2D eigenvalue weighted by Crippen LogP contribution is 2.24. The van der Waals surface area contributed by atoms with Crippen molar-refractivity contribution in [3.8, 4) is 17.2 Å². The van der Waals surface area contributed by atoms with Crippen LogP contribution in [0.3, 0.4) is 0 Å². The quantitative estimate of drug-likeness (QED) is 0.524. The molecule has 0 spiro atoms. The second kappa shape index (κ2) is 8.15. The Morgan fingerprint density at radius 3 is 2.00 bits per heavy atom. The van der Waals surface area contributed by atoms with Crippen LogP contribution in [-0.2, 0) is 0 Å². The molecule has 0 heterocycles. The van der Waals surface area contributed by atoms with Crippen LogP contribution in [0, 0.1) is 0 Å². The van der Waals surface area contributed by atoms with Crippen LogP contribution in [0.25, 0.3) is 0 Å². The summed E-state index contributed by atoms with van der Waals surface area (Å²) in [7, 11) is 0. The van der Waals surface area contributed by atoms with Gasteiger partial charge >= 0.3 is 0 Å². The van der Waals surface area contributed by atoms with E-state index in [1.165, 1.54) is 0 Å². The lowest BCUT2D eigenvalue weighted by Gasteiger charge is -2.27. The fourth-order valence-electron chi connectivity index (χ4n) is 2.44. The van der Waals surface area contributed by atoms with Gasteiger partial charge in [0.15, 0.2) is 0 Å². The van der Waals surface area contributed by atoms with Crippen LogP contribution in [0.15, 0.2) is 78.9 Å². The molecule has 3 rings (SSSR count). The van der Waals surface area contributed by atoms with Crippen LogP contribution in [-0.4, -0.2) is 12.1 Å². The van der Waals surface area contributed by atoms with Gasteiger partial charge in [-0.05, 0) is 74.5 Å². The van der Waals surface area contributed by atoms with Crippen LogP contribution in [0.5, 0.6) is 17.2 Å². The fourth-order valence-corrected chi connectivity index (χ4v) is 2.56. The number of hydrogen-bond acceptors (Lipinski definition) is 3. The third-order valence-corrected chi connectivity index (χ3v) is 4.01. The summed E-state index contributed by atoms with van der Waals surface area (Å²) >= 11 is 5.91. The van der Waals surface area contributed by atoms with E-state index >= 15 is 0 Å². The van der Waals surface area contributed by atoms with Gasteiger partial charge in [-0.3, -0.25) is 0 Å². The highest BCUT2D eigenvalue weighted by atomic mass is 35.5. The molecular formula is C22H22ClNO2. The van der Waals surface area contributed by atoms with Crippen molar-refractivity contribution in [2.75, 3.05) is 11.9 Å². The SMILES string of the molecule is CC(C)(CNc1ccc(Oc2ccccc2)cc1)Oc1ccc(Cl)cc1. The van der Waals surface area contributed by atoms with Crippen molar-refractivity contribution in [1.29, 1.82) is 0 Å². The van der Waals surface area contributed by atoms with E-state index in [1.54, 1.807) is 0 Å². The topological polar surface area (TPSA) is 30.5 Å². The zero-order chi connectivity index (χ0) is 18.4. The molecule has 3 nitrogen and oxygen atoms in total. The van der Waals surface area contributed by atoms with E-state index in [1.807, 2.05) is 92.7 Å². The molecule has 1 N–H and O–H groups in total. The second-order valence-corrected chi connectivity index (χ2v) is 7.05. The standard InChI is InChI=1S/C22H22ClNO2/c1-22(2,26-21-12-8-17(23)9-13-21)16-24-18-10-14-20(15-11-18)25-19-6-4-3-5-7-19/h3-15,24H,16H2,1-2H3. The Morgan fingerprint density at radius 2 is 1.35 bits per heavy atom. The molecule has 0 atom stereocenters. The summed E-state index contributed by atoms with van der Waals surface area (Å²) in [5.74, 6) is 2.43. The number of rotatable bonds is 7. The van der Waals surface area contributed by atoms with E-state index in [0.717, 1.165) is 22.9 Å². The molecule has 0 aliphatic heterocycles. The molecular weight excluding hydrogens is 346 g/mol. The minimum Gasteiger partial charge on any atom is -0.486 e. The first-order chi connectivity index (χ1) is 12.5. The lowest BCUT2D eigenvalue weighted by molar-refractivity contribution is 0.123. The number of nitrogens with one attached hydrogen (secondary N) is 1. The first-order valence-electron chi connectivity index (χ1n) is 8.52. The number of para-hydroxylation sites is 1. The Bertz CT molecular complexity index is 815. The van der Waals surface area contributed by atoms with Crippen LogP contribution >= 0.6 is 11.6 Å². The molecule has 0 unspecified atom stereocenters. The fraction of sp³-hybridized carbons (Fsp3) is 0.182. The van der Waals surface area contributed by atoms with Crippen molar-refractivity contribution < 1.29 is 9.47 Å². The number of halogens is 1. The number of hydrogen-bond donors (Lipinski definition) is 1. The van der Waals surface area contributed by atoms with Gasteiger partial charge in [0, 0.05) is 10.7 Å². The molecule has 0 radical (unpaired) electrons. The van der Waals surface area contributed by atoms with Crippen molar-refractivity contribution >= 4 is 17.3 Å². The van der Waals surface area contributed by atoms with E-state index in [-0.39, 0.29) is 5.60 Å². The van der Waals surface area contributed by atoms with E-state index in [9.17, 15) is 0 Å². The normalized spacial score (nSPS) is 11.0. The molecule has 3 aromatic carbocycles. The summed E-state index contributed by atoms with van der Waals surface area (Å²) in [6, 6.07) is 25.0. The Kier molecular flexibility index (Phi) is 5.69. The maximum absolute atomic E-state index is 6.04. The van der Waals surface area contributed by atoms with Gasteiger partial charge in [0.05, 0.1) is 6.54 Å². The van der Waals surface area contributed by atoms with Gasteiger partial charge in [0.2, 0.25) is 0 Å². The van der Waals surface area contributed by atoms with Gasteiger partial charge in [0.1, 0.15) is 22.8 Å². The monoisotopic (exact) mass is 367 g/mol. The summed E-state index contributed by atoms with van der Waals surface area (Å²) < 4.78 is 11.8. The lowest BCUT2D eigenvalue weighted by atomic mass is 10.1. The van der Waals surface area contributed by atoms with Gasteiger partial charge in [-0.25, -0.2) is 0 Å². The van der Waals surface area contributed by atoms with Crippen molar-refractivity contribution in [3.63, 3.8) is 0 Å². The van der Waals surface area contributed by atoms with E-state index in [2.05, 4.69) is 5.32 Å². The third kappa shape index (κ3) is 5.43. The number of anilines is 1. The third-order valence-electron chi connectivity index (χ3n) is 3.76. The second-order valence-electron chi connectivity index (χ2n) is 6.61. The molecule has 26 heavy (non-hydrogen) atoms. The zero-order valence-electron chi connectivity index (χ0n) is 14.9. The molecule has 0 amide bonds. The Hall–Kier alpha value is -2.65. The van der Waals surface area contributed by atoms with Crippen LogP contribution in [0.4, 0.5) is 5.69 Å². The summed E-state index contributed by atoms with van der Waals surface area (Å²) in [4.78, 5) is 0. The Balaban J connectivity index is 1.54. The first kappa shape index (κ1) is 18.2. The summed E-state index contributed by atoms with van der Waals surface area (Å²) in [6.45, 7) is 4.75. The molecule has 0 bridgehead atoms. The molecule has 0 aromatic heterocycles. The molecule has 0 aliphatic rings. The molecule has 3 aromatic rings. The van der Waals surface area contributed by atoms with Crippen LogP contribution in [0.2, 0.25) is 5.02 Å². The predicted molar refractivity (Wildman–Crippen MR) is 108 cm³/mol. The van der Waals surface area contributed by atoms with Gasteiger partial charge in [-0.15, -0.1) is 0 Å². The molecule has 0 saturated carbocycles. The van der Waals surface area contributed by atoms with Crippen LogP contribution in [0.1, 0.15) is 13.8 Å². The van der Waals surface area contributed by atoms with Crippen molar-refractivity contribution in [3.05, 3.63) is 83.9 Å². The predicted octanol–water partition coefficient (Wildman–Crippen LogP) is 6.40. The molecule has 0 saturated heterocycles. The largest absolute Gasteiger partial charge is 0.486 e. The van der Waals surface area contributed by atoms with Gasteiger partial charge in [-0.1, -0.05) is 29.8 Å². The number of ether oxygens (including phenoxy) is 2. The Morgan fingerprint density at radius 1 is 0.769 bits per heavy atom. The highest BCUT2D eigenvalue weighted by Gasteiger charge is 2.19. The molecule has 0 aliphatic carbocycles. The van der Waals surface area contributed by atoms with E-state index in [0.29, 0.717) is 11.6 Å². The van der Waals surface area contributed by atoms with E-state index in [4.69, 9.17) is 21.1 Å². The smallest absolute Gasteiger partial charge is 0.127 e. The average Bonchev–Trinajstić information content (AvgIpc) is 2.64. The molecule has 0 fully saturated rings. The Labute approximate surface area is 159 Å². The lowest BCUT2D eigenvalue weighted by Crippen LogP contribution is -2.36. The van der Waals surface area contributed by atoms with E-state index < -0.39 is 0 Å². The van der Waals surface area contributed by atoms with Gasteiger partial charge in [-0.2, -0.15) is 0 Å². The summed E-state index contributed by atoms with van der Waals surface area (Å²) in [5.41, 5.74) is 0.644. The molecule has 4 heteroatoms.